The summed E-state index contributed by atoms with van der Waals surface area (Å²) in [6, 6.07) is 3.24. The van der Waals surface area contributed by atoms with E-state index in [1.54, 1.807) is 33.0 Å². The van der Waals surface area contributed by atoms with E-state index in [1.165, 1.54) is 17.7 Å². The van der Waals surface area contributed by atoms with Gasteiger partial charge in [0.1, 0.15) is 0 Å². The van der Waals surface area contributed by atoms with Gasteiger partial charge in [-0.15, -0.1) is 5.10 Å². The van der Waals surface area contributed by atoms with Crippen LogP contribution in [0.2, 0.25) is 0 Å². The molecule has 0 aliphatic rings. The summed E-state index contributed by atoms with van der Waals surface area (Å²) in [7, 11) is -2.74. The monoisotopic (exact) mass is 419 g/mol. The molecule has 0 unspecified atom stereocenters. The van der Waals surface area contributed by atoms with Crippen molar-refractivity contribution in [3.8, 4) is 5.88 Å². The number of nitrogens with one attached hydrogen (secondary N) is 1. The minimum atomic E-state index is -4.20. The molecule has 154 valence electrons. The van der Waals surface area contributed by atoms with E-state index in [2.05, 4.69) is 19.8 Å². The highest BCUT2D eigenvalue weighted by Gasteiger charge is 2.26. The predicted molar refractivity (Wildman–Crippen MR) is 105 cm³/mol. The summed E-state index contributed by atoms with van der Waals surface area (Å²) in [5, 5.41) is 3.52. The zero-order valence-corrected chi connectivity index (χ0v) is 17.5. The van der Waals surface area contributed by atoms with Gasteiger partial charge in [-0.3, -0.25) is 4.72 Å². The molecule has 0 aliphatic carbocycles. The van der Waals surface area contributed by atoms with E-state index in [0.717, 1.165) is 5.56 Å². The van der Waals surface area contributed by atoms with Gasteiger partial charge in [-0.2, -0.15) is 18.4 Å². The number of ether oxygens (including phenoxy) is 2. The number of esters is 1. The molecule has 0 saturated heterocycles. The number of nitrogens with zero attached hydrogens (tertiary/aromatic N) is 4. The molecule has 0 saturated carbocycles. The number of fused-ring (bicyclic) bond motifs is 1. The van der Waals surface area contributed by atoms with E-state index >= 15 is 0 Å². The molecule has 2 heterocycles. The van der Waals surface area contributed by atoms with Crippen molar-refractivity contribution in [3.63, 3.8) is 0 Å². The summed E-state index contributed by atoms with van der Waals surface area (Å²) in [5.74, 6) is -0.237. The number of carbonyl (C=O) groups excluding carboxylic acids is 1. The van der Waals surface area contributed by atoms with Crippen LogP contribution in [0.1, 0.15) is 34.0 Å². The van der Waals surface area contributed by atoms with Gasteiger partial charge in [0, 0.05) is 11.8 Å². The first-order valence-electron chi connectivity index (χ1n) is 8.76. The average Bonchev–Trinajstić information content (AvgIpc) is 3.08. The number of aromatic nitrogens is 4. The molecule has 3 aromatic rings. The number of hydrogen-bond donors (Lipinski definition) is 1. The molecule has 11 heteroatoms. The first-order valence-corrected chi connectivity index (χ1v) is 10.2. The summed E-state index contributed by atoms with van der Waals surface area (Å²) < 4.78 is 39.7. The van der Waals surface area contributed by atoms with Crippen LogP contribution in [0.15, 0.2) is 23.5 Å². The molecule has 0 atom stereocenters. The smallest absolute Gasteiger partial charge is 0.340 e. The SMILES string of the molecule is CCOC(=O)c1ccc(C)c(C)c1NS(=O)(=O)c1nc2nc(OC)c(C)cn2n1. The molecule has 0 amide bonds. The predicted octanol–water partition coefficient (Wildman–Crippen LogP) is 2.04. The standard InChI is InChI=1S/C18H21N5O5S/c1-6-28-16(24)13-8-7-10(2)12(4)14(13)22-29(25,26)18-20-17-19-15(27-5)11(3)9-23(17)21-18/h7-9,22H,6H2,1-5H3. The summed E-state index contributed by atoms with van der Waals surface area (Å²) in [6.07, 6.45) is 1.56. The van der Waals surface area contributed by atoms with E-state index in [-0.39, 0.29) is 23.6 Å². The molecule has 1 aromatic carbocycles. The quantitative estimate of drug-likeness (QED) is 0.602. The molecule has 1 N–H and O–H groups in total. The normalized spacial score (nSPS) is 11.5. The summed E-state index contributed by atoms with van der Waals surface area (Å²) >= 11 is 0. The van der Waals surface area contributed by atoms with Crippen molar-refractivity contribution in [2.75, 3.05) is 18.4 Å². The number of anilines is 1. The number of aryl methyl sites for hydroxylation is 2. The van der Waals surface area contributed by atoms with Crippen LogP contribution < -0.4 is 9.46 Å². The summed E-state index contributed by atoms with van der Waals surface area (Å²) in [4.78, 5) is 20.4. The molecule has 29 heavy (non-hydrogen) atoms. The molecule has 0 aliphatic heterocycles. The largest absolute Gasteiger partial charge is 0.481 e. The fourth-order valence-electron chi connectivity index (χ4n) is 2.70. The van der Waals surface area contributed by atoms with Gasteiger partial charge in [-0.1, -0.05) is 6.07 Å². The maximum absolute atomic E-state index is 12.9. The van der Waals surface area contributed by atoms with Crippen LogP contribution in [0.25, 0.3) is 5.78 Å². The van der Waals surface area contributed by atoms with Gasteiger partial charge in [0.2, 0.25) is 5.88 Å². The van der Waals surface area contributed by atoms with Crippen molar-refractivity contribution in [2.24, 2.45) is 0 Å². The molecule has 0 fully saturated rings. The minimum Gasteiger partial charge on any atom is -0.481 e. The molecule has 0 spiro atoms. The van der Waals surface area contributed by atoms with E-state index < -0.39 is 21.1 Å². The lowest BCUT2D eigenvalue weighted by molar-refractivity contribution is 0.0527. The van der Waals surface area contributed by atoms with Crippen LogP contribution in [-0.2, 0) is 14.8 Å². The highest BCUT2D eigenvalue weighted by molar-refractivity contribution is 7.92. The maximum Gasteiger partial charge on any atom is 0.340 e. The molecule has 10 nitrogen and oxygen atoms in total. The van der Waals surface area contributed by atoms with Crippen molar-refractivity contribution in [3.05, 3.63) is 40.6 Å². The van der Waals surface area contributed by atoms with Gasteiger partial charge in [0.25, 0.3) is 21.0 Å². The van der Waals surface area contributed by atoms with Crippen molar-refractivity contribution < 1.29 is 22.7 Å². The molecule has 2 aromatic heterocycles. The Morgan fingerprint density at radius 1 is 1.17 bits per heavy atom. The highest BCUT2D eigenvalue weighted by atomic mass is 32.2. The number of sulfonamides is 1. The Morgan fingerprint density at radius 3 is 2.55 bits per heavy atom. The summed E-state index contributed by atoms with van der Waals surface area (Å²) in [6.45, 7) is 7.11. The zero-order chi connectivity index (χ0) is 21.3. The number of rotatable bonds is 6. The van der Waals surface area contributed by atoms with E-state index in [1.807, 2.05) is 6.92 Å². The fourth-order valence-corrected chi connectivity index (χ4v) is 3.72. The first-order chi connectivity index (χ1) is 13.7. The lowest BCUT2D eigenvalue weighted by atomic mass is 10.0. The molecular weight excluding hydrogens is 398 g/mol. The number of carbonyl (C=O) groups is 1. The Labute approximate surface area is 167 Å². The second-order valence-corrected chi connectivity index (χ2v) is 7.90. The molecule has 0 bridgehead atoms. The molecular formula is C18H21N5O5S. The third-order valence-electron chi connectivity index (χ3n) is 4.35. The van der Waals surface area contributed by atoms with Gasteiger partial charge >= 0.3 is 5.97 Å². The van der Waals surface area contributed by atoms with Crippen molar-refractivity contribution in [2.45, 2.75) is 32.9 Å². The Bertz CT molecular complexity index is 1200. The van der Waals surface area contributed by atoms with Crippen molar-refractivity contribution >= 4 is 27.5 Å². The van der Waals surface area contributed by atoms with E-state index in [0.29, 0.717) is 17.0 Å². The van der Waals surface area contributed by atoms with Crippen LogP contribution in [0.3, 0.4) is 0 Å². The van der Waals surface area contributed by atoms with Gasteiger partial charge in [0.15, 0.2) is 0 Å². The third kappa shape index (κ3) is 3.86. The van der Waals surface area contributed by atoms with Crippen LogP contribution in [0.4, 0.5) is 5.69 Å². The average molecular weight is 419 g/mol. The Morgan fingerprint density at radius 2 is 1.90 bits per heavy atom. The van der Waals surface area contributed by atoms with Gasteiger partial charge in [0.05, 0.1) is 25.0 Å². The number of hydrogen-bond acceptors (Lipinski definition) is 8. The fraction of sp³-hybridized carbons (Fsp3) is 0.333. The van der Waals surface area contributed by atoms with Crippen molar-refractivity contribution in [1.82, 2.24) is 19.6 Å². The lowest BCUT2D eigenvalue weighted by Crippen LogP contribution is -2.19. The van der Waals surface area contributed by atoms with Gasteiger partial charge in [-0.05, 0) is 44.9 Å². The topological polar surface area (TPSA) is 125 Å². The van der Waals surface area contributed by atoms with Crippen LogP contribution in [0, 0.1) is 20.8 Å². The first kappa shape index (κ1) is 20.5. The van der Waals surface area contributed by atoms with Crippen LogP contribution in [-0.4, -0.2) is 47.7 Å². The second-order valence-electron chi connectivity index (χ2n) is 6.33. The van der Waals surface area contributed by atoms with Crippen LogP contribution in [0.5, 0.6) is 5.88 Å². The van der Waals surface area contributed by atoms with Crippen LogP contribution >= 0.6 is 0 Å². The Balaban J connectivity index is 2.07. The zero-order valence-electron chi connectivity index (χ0n) is 16.7. The number of benzene rings is 1. The van der Waals surface area contributed by atoms with Crippen molar-refractivity contribution in [1.29, 1.82) is 0 Å². The summed E-state index contributed by atoms with van der Waals surface area (Å²) in [5.41, 5.74) is 2.31. The highest BCUT2D eigenvalue weighted by Crippen LogP contribution is 2.27. The van der Waals surface area contributed by atoms with E-state index in [4.69, 9.17) is 9.47 Å². The lowest BCUT2D eigenvalue weighted by Gasteiger charge is -2.15. The maximum atomic E-state index is 12.9. The minimum absolute atomic E-state index is 0.0689. The molecule has 3 rings (SSSR count). The third-order valence-corrected chi connectivity index (χ3v) is 5.48. The molecule has 0 radical (unpaired) electrons. The Kier molecular flexibility index (Phi) is 5.42. The number of methoxy groups -OCH3 is 1. The van der Waals surface area contributed by atoms with E-state index in [9.17, 15) is 13.2 Å². The van der Waals surface area contributed by atoms with Gasteiger partial charge < -0.3 is 9.47 Å². The Hall–Kier alpha value is -3.21. The second kappa shape index (κ2) is 7.66. The van der Waals surface area contributed by atoms with Gasteiger partial charge in [-0.25, -0.2) is 9.31 Å².